The van der Waals surface area contributed by atoms with Gasteiger partial charge in [0.25, 0.3) is 0 Å². The molecule has 4 nitrogen and oxygen atoms in total. The second-order valence-corrected chi connectivity index (χ2v) is 4.43. The van der Waals surface area contributed by atoms with E-state index < -0.39 is 0 Å². The first kappa shape index (κ1) is 15.8. The Balaban J connectivity index is 3.73. The van der Waals surface area contributed by atoms with E-state index in [0.29, 0.717) is 18.6 Å². The molecule has 0 aromatic heterocycles. The van der Waals surface area contributed by atoms with Gasteiger partial charge >= 0.3 is 0 Å². The van der Waals surface area contributed by atoms with Gasteiger partial charge in [0.05, 0.1) is 0 Å². The number of nitrogens with one attached hydrogen (secondary N) is 2. The zero-order valence-electron chi connectivity index (χ0n) is 11.1. The van der Waals surface area contributed by atoms with E-state index in [1.807, 2.05) is 0 Å². The highest BCUT2D eigenvalue weighted by Crippen LogP contribution is 1.94. The van der Waals surface area contributed by atoms with E-state index in [1.165, 1.54) is 0 Å². The Morgan fingerprint density at radius 2 is 1.44 bits per heavy atom. The largest absolute Gasteiger partial charge is 0.329 e. The first-order chi connectivity index (χ1) is 7.67. The fraction of sp³-hybridized carbons (Fsp3) is 1.00. The van der Waals surface area contributed by atoms with Gasteiger partial charge in [0, 0.05) is 37.8 Å². The lowest BCUT2D eigenvalue weighted by Gasteiger charge is -2.23. The van der Waals surface area contributed by atoms with Crippen LogP contribution in [0.1, 0.15) is 40.0 Å². The fourth-order valence-electron chi connectivity index (χ4n) is 1.53. The quantitative estimate of drug-likeness (QED) is 0.439. The van der Waals surface area contributed by atoms with E-state index in [0.717, 1.165) is 32.4 Å². The van der Waals surface area contributed by atoms with Crippen LogP contribution in [0.2, 0.25) is 0 Å². The van der Waals surface area contributed by atoms with E-state index >= 15 is 0 Å². The summed E-state index contributed by atoms with van der Waals surface area (Å²) in [5.74, 6) is 0. The molecule has 0 aliphatic rings. The van der Waals surface area contributed by atoms with Gasteiger partial charge in [0.15, 0.2) is 0 Å². The summed E-state index contributed by atoms with van der Waals surface area (Å²) >= 11 is 0. The molecule has 3 atom stereocenters. The molecule has 0 aliphatic heterocycles. The van der Waals surface area contributed by atoms with Crippen LogP contribution in [0.25, 0.3) is 0 Å². The summed E-state index contributed by atoms with van der Waals surface area (Å²) in [7, 11) is 0. The van der Waals surface area contributed by atoms with Crippen LogP contribution in [0.15, 0.2) is 0 Å². The van der Waals surface area contributed by atoms with Crippen LogP contribution in [0.4, 0.5) is 0 Å². The van der Waals surface area contributed by atoms with Gasteiger partial charge in [-0.3, -0.25) is 0 Å². The highest BCUT2D eigenvalue weighted by atomic mass is 15.0. The molecule has 0 radical (unpaired) electrons. The van der Waals surface area contributed by atoms with Gasteiger partial charge in [-0.2, -0.15) is 0 Å². The minimum absolute atomic E-state index is 0.269. The van der Waals surface area contributed by atoms with Crippen molar-refractivity contribution in [2.45, 2.75) is 58.2 Å². The number of hydrogen-bond acceptors (Lipinski definition) is 4. The van der Waals surface area contributed by atoms with Gasteiger partial charge in [-0.15, -0.1) is 0 Å². The maximum Gasteiger partial charge on any atom is 0.0190 e. The van der Waals surface area contributed by atoms with Crippen molar-refractivity contribution in [3.63, 3.8) is 0 Å². The fourth-order valence-corrected chi connectivity index (χ4v) is 1.53. The maximum absolute atomic E-state index is 5.88. The molecule has 16 heavy (non-hydrogen) atoms. The molecule has 0 saturated carbocycles. The highest BCUT2D eigenvalue weighted by molar-refractivity contribution is 4.75. The van der Waals surface area contributed by atoms with Gasteiger partial charge in [0.1, 0.15) is 0 Å². The average Bonchev–Trinajstić information content (AvgIpc) is 2.33. The number of rotatable bonds is 10. The summed E-state index contributed by atoms with van der Waals surface area (Å²) in [5.41, 5.74) is 11.5. The van der Waals surface area contributed by atoms with Crippen molar-refractivity contribution in [2.24, 2.45) is 11.5 Å². The molecule has 0 amide bonds. The van der Waals surface area contributed by atoms with Gasteiger partial charge in [-0.1, -0.05) is 20.8 Å². The average molecular weight is 230 g/mol. The maximum atomic E-state index is 5.88. The zero-order chi connectivity index (χ0) is 12.4. The molecule has 0 aromatic rings. The molecular formula is C12H30N4. The van der Waals surface area contributed by atoms with Crippen molar-refractivity contribution in [1.29, 1.82) is 0 Å². The van der Waals surface area contributed by atoms with E-state index in [-0.39, 0.29) is 6.04 Å². The van der Waals surface area contributed by atoms with E-state index in [9.17, 15) is 0 Å². The van der Waals surface area contributed by atoms with Crippen LogP contribution in [0.5, 0.6) is 0 Å². The van der Waals surface area contributed by atoms with Gasteiger partial charge in [0.2, 0.25) is 0 Å². The molecule has 3 unspecified atom stereocenters. The van der Waals surface area contributed by atoms with Crippen LogP contribution in [0.3, 0.4) is 0 Å². The Kier molecular flexibility index (Phi) is 9.92. The predicted octanol–water partition coefficient (Wildman–Crippen LogP) is 0.419. The molecule has 0 aromatic carbocycles. The van der Waals surface area contributed by atoms with Gasteiger partial charge in [-0.05, 0) is 19.3 Å². The molecule has 0 rings (SSSR count). The molecule has 6 N–H and O–H groups in total. The first-order valence-corrected chi connectivity index (χ1v) is 6.60. The first-order valence-electron chi connectivity index (χ1n) is 6.60. The lowest BCUT2D eigenvalue weighted by molar-refractivity contribution is 0.405. The van der Waals surface area contributed by atoms with Crippen molar-refractivity contribution >= 4 is 0 Å². The van der Waals surface area contributed by atoms with Crippen molar-refractivity contribution < 1.29 is 0 Å². The smallest absolute Gasteiger partial charge is 0.0190 e. The summed E-state index contributed by atoms with van der Waals surface area (Å²) < 4.78 is 0. The monoisotopic (exact) mass is 230 g/mol. The Labute approximate surface area is 101 Å². The summed E-state index contributed by atoms with van der Waals surface area (Å²) in [5, 5.41) is 6.98. The predicted molar refractivity (Wildman–Crippen MR) is 71.5 cm³/mol. The number of nitrogens with two attached hydrogens (primary N) is 2. The van der Waals surface area contributed by atoms with Crippen molar-refractivity contribution in [3.05, 3.63) is 0 Å². The summed E-state index contributed by atoms with van der Waals surface area (Å²) in [6.45, 7) is 9.05. The second kappa shape index (κ2) is 10.0. The van der Waals surface area contributed by atoms with Crippen LogP contribution in [-0.2, 0) is 0 Å². The standard InChI is InChI=1S/C12H30N4/c1-4-10(14)8-15-12(6-3)9-16-11(5-2)7-13/h10-12,15-16H,4-9,13-14H2,1-3H3. The van der Waals surface area contributed by atoms with Crippen LogP contribution in [0, 0.1) is 0 Å². The molecule has 4 heteroatoms. The third kappa shape index (κ3) is 7.17. The van der Waals surface area contributed by atoms with Gasteiger partial charge in [-0.25, -0.2) is 0 Å². The summed E-state index contributed by atoms with van der Waals surface area (Å²) in [6.07, 6.45) is 3.23. The Hall–Kier alpha value is -0.160. The minimum Gasteiger partial charge on any atom is -0.329 e. The molecule has 0 heterocycles. The SMILES string of the molecule is CCC(N)CNC(CC)CNC(CC)CN. The number of hydrogen-bond donors (Lipinski definition) is 4. The normalized spacial score (nSPS) is 17.1. The Bertz CT molecular complexity index is 148. The molecule has 98 valence electrons. The van der Waals surface area contributed by atoms with Crippen LogP contribution < -0.4 is 22.1 Å². The lowest BCUT2D eigenvalue weighted by Crippen LogP contribution is -2.47. The van der Waals surface area contributed by atoms with Gasteiger partial charge < -0.3 is 22.1 Å². The van der Waals surface area contributed by atoms with E-state index in [4.69, 9.17) is 11.5 Å². The third-order valence-electron chi connectivity index (χ3n) is 3.12. The molecule has 0 bridgehead atoms. The third-order valence-corrected chi connectivity index (χ3v) is 3.12. The Morgan fingerprint density at radius 3 is 1.88 bits per heavy atom. The Morgan fingerprint density at radius 1 is 0.875 bits per heavy atom. The summed E-state index contributed by atoms with van der Waals surface area (Å²) in [6, 6.07) is 1.21. The van der Waals surface area contributed by atoms with Crippen LogP contribution >= 0.6 is 0 Å². The van der Waals surface area contributed by atoms with Crippen molar-refractivity contribution in [1.82, 2.24) is 10.6 Å². The summed E-state index contributed by atoms with van der Waals surface area (Å²) in [4.78, 5) is 0. The lowest BCUT2D eigenvalue weighted by atomic mass is 10.1. The zero-order valence-corrected chi connectivity index (χ0v) is 11.1. The molecule has 0 fully saturated rings. The van der Waals surface area contributed by atoms with Crippen LogP contribution in [-0.4, -0.2) is 37.8 Å². The molecule has 0 aliphatic carbocycles. The minimum atomic E-state index is 0.269. The van der Waals surface area contributed by atoms with E-state index in [2.05, 4.69) is 31.4 Å². The molecular weight excluding hydrogens is 200 g/mol. The molecule has 0 saturated heterocycles. The van der Waals surface area contributed by atoms with Crippen molar-refractivity contribution in [2.75, 3.05) is 19.6 Å². The highest BCUT2D eigenvalue weighted by Gasteiger charge is 2.09. The van der Waals surface area contributed by atoms with Crippen molar-refractivity contribution in [3.8, 4) is 0 Å². The second-order valence-electron chi connectivity index (χ2n) is 4.43. The topological polar surface area (TPSA) is 76.1 Å². The molecule has 0 spiro atoms. The van der Waals surface area contributed by atoms with E-state index in [1.54, 1.807) is 0 Å².